The standard InChI is InChI=1S/C20H22N4O2S2/c1-25-15-7-8-16(17(9-15)26-2)19-21-13(10-27-19)11-28-20-23-22-18(12-3-4-12)24(20)14-5-6-14/h7-10,12,14H,3-6,11H2,1-2H3. The van der Waals surface area contributed by atoms with Crippen LogP contribution in [0, 0.1) is 0 Å². The molecule has 146 valence electrons. The SMILES string of the molecule is COc1ccc(-c2nc(CSc3nnc(C4CC4)n3C3CC3)cs2)c(OC)c1. The Bertz CT molecular complexity index is 992. The maximum Gasteiger partial charge on any atom is 0.191 e. The molecule has 2 fully saturated rings. The van der Waals surface area contributed by atoms with Crippen molar-refractivity contribution < 1.29 is 9.47 Å². The number of thioether (sulfide) groups is 1. The molecule has 3 aromatic rings. The minimum Gasteiger partial charge on any atom is -0.497 e. The first kappa shape index (κ1) is 18.0. The molecule has 6 nitrogen and oxygen atoms in total. The van der Waals surface area contributed by atoms with Crippen LogP contribution >= 0.6 is 23.1 Å². The number of methoxy groups -OCH3 is 2. The van der Waals surface area contributed by atoms with Crippen molar-refractivity contribution in [3.63, 3.8) is 0 Å². The van der Waals surface area contributed by atoms with Crippen molar-refractivity contribution >= 4 is 23.1 Å². The molecule has 28 heavy (non-hydrogen) atoms. The van der Waals surface area contributed by atoms with Gasteiger partial charge >= 0.3 is 0 Å². The highest BCUT2D eigenvalue weighted by Crippen LogP contribution is 2.46. The predicted octanol–water partition coefficient (Wildman–Crippen LogP) is 4.92. The highest BCUT2D eigenvalue weighted by Gasteiger charge is 2.36. The molecule has 1 aromatic carbocycles. The zero-order valence-electron chi connectivity index (χ0n) is 15.9. The zero-order valence-corrected chi connectivity index (χ0v) is 17.6. The normalized spacial score (nSPS) is 16.4. The highest BCUT2D eigenvalue weighted by molar-refractivity contribution is 7.98. The van der Waals surface area contributed by atoms with E-state index in [4.69, 9.17) is 14.5 Å². The molecule has 0 radical (unpaired) electrons. The second-order valence-corrected chi connectivity index (χ2v) is 9.02. The second-order valence-electron chi connectivity index (χ2n) is 7.22. The minimum atomic E-state index is 0.614. The molecule has 2 aliphatic carbocycles. The maximum absolute atomic E-state index is 5.52. The molecule has 0 N–H and O–H groups in total. The number of nitrogens with zero attached hydrogens (tertiary/aromatic N) is 4. The van der Waals surface area contributed by atoms with Crippen LogP contribution in [-0.4, -0.2) is 34.0 Å². The van der Waals surface area contributed by atoms with Crippen LogP contribution in [0.15, 0.2) is 28.7 Å². The Labute approximate surface area is 172 Å². The van der Waals surface area contributed by atoms with Gasteiger partial charge in [-0.05, 0) is 37.8 Å². The lowest BCUT2D eigenvalue weighted by atomic mass is 10.2. The largest absolute Gasteiger partial charge is 0.497 e. The van der Waals surface area contributed by atoms with E-state index < -0.39 is 0 Å². The van der Waals surface area contributed by atoms with Crippen LogP contribution in [0.25, 0.3) is 10.6 Å². The van der Waals surface area contributed by atoms with Crippen molar-refractivity contribution in [3.8, 4) is 22.1 Å². The Kier molecular flexibility index (Phi) is 4.76. The van der Waals surface area contributed by atoms with Gasteiger partial charge in [-0.1, -0.05) is 11.8 Å². The van der Waals surface area contributed by atoms with E-state index in [-0.39, 0.29) is 0 Å². The maximum atomic E-state index is 5.52. The first-order valence-electron chi connectivity index (χ1n) is 9.51. The highest BCUT2D eigenvalue weighted by atomic mass is 32.2. The number of benzene rings is 1. The Morgan fingerprint density at radius 3 is 2.71 bits per heavy atom. The van der Waals surface area contributed by atoms with Crippen molar-refractivity contribution in [1.82, 2.24) is 19.7 Å². The Hall–Kier alpha value is -2.06. The van der Waals surface area contributed by atoms with Crippen molar-refractivity contribution in [2.75, 3.05) is 14.2 Å². The molecule has 0 aliphatic heterocycles. The monoisotopic (exact) mass is 414 g/mol. The van der Waals surface area contributed by atoms with Crippen LogP contribution in [0.4, 0.5) is 0 Å². The van der Waals surface area contributed by atoms with Gasteiger partial charge in [0, 0.05) is 29.2 Å². The summed E-state index contributed by atoms with van der Waals surface area (Å²) in [7, 11) is 3.33. The number of hydrogen-bond donors (Lipinski definition) is 0. The molecule has 0 amide bonds. The molecule has 2 aliphatic rings. The summed E-state index contributed by atoms with van der Waals surface area (Å²) in [5.41, 5.74) is 2.04. The smallest absolute Gasteiger partial charge is 0.191 e. The third-order valence-electron chi connectivity index (χ3n) is 5.09. The Morgan fingerprint density at radius 1 is 1.14 bits per heavy atom. The van der Waals surface area contributed by atoms with Crippen molar-refractivity contribution in [1.29, 1.82) is 0 Å². The third-order valence-corrected chi connectivity index (χ3v) is 6.99. The molecule has 0 unspecified atom stereocenters. The number of aromatic nitrogens is 4. The molecule has 2 saturated carbocycles. The van der Waals surface area contributed by atoms with E-state index in [0.29, 0.717) is 12.0 Å². The fraction of sp³-hybridized carbons (Fsp3) is 0.450. The van der Waals surface area contributed by atoms with Gasteiger partial charge in [0.25, 0.3) is 0 Å². The molecular formula is C20H22N4O2S2. The molecule has 5 rings (SSSR count). The van der Waals surface area contributed by atoms with E-state index in [0.717, 1.165) is 38.7 Å². The lowest BCUT2D eigenvalue weighted by Gasteiger charge is -2.08. The van der Waals surface area contributed by atoms with Crippen LogP contribution in [0.5, 0.6) is 11.5 Å². The van der Waals surface area contributed by atoms with E-state index in [1.807, 2.05) is 18.2 Å². The summed E-state index contributed by atoms with van der Waals surface area (Å²) in [6.45, 7) is 0. The molecule has 0 bridgehead atoms. The summed E-state index contributed by atoms with van der Waals surface area (Å²) in [6, 6.07) is 6.44. The van der Waals surface area contributed by atoms with Gasteiger partial charge in [0.15, 0.2) is 5.16 Å². The van der Waals surface area contributed by atoms with Gasteiger partial charge in [0.1, 0.15) is 22.3 Å². The topological polar surface area (TPSA) is 62.1 Å². The van der Waals surface area contributed by atoms with Crippen molar-refractivity contribution in [2.45, 2.75) is 48.6 Å². The van der Waals surface area contributed by atoms with Crippen LogP contribution in [-0.2, 0) is 5.75 Å². The number of hydrogen-bond acceptors (Lipinski definition) is 7. The predicted molar refractivity (Wildman–Crippen MR) is 110 cm³/mol. The van der Waals surface area contributed by atoms with E-state index >= 15 is 0 Å². The van der Waals surface area contributed by atoms with Crippen molar-refractivity contribution in [2.24, 2.45) is 0 Å². The third kappa shape index (κ3) is 3.51. The molecule has 2 aromatic heterocycles. The molecule has 8 heteroatoms. The second kappa shape index (κ2) is 7.40. The number of rotatable bonds is 8. The first-order chi connectivity index (χ1) is 13.8. The van der Waals surface area contributed by atoms with Gasteiger partial charge in [-0.3, -0.25) is 0 Å². The van der Waals surface area contributed by atoms with Crippen LogP contribution in [0.3, 0.4) is 0 Å². The molecule has 0 saturated heterocycles. The van der Waals surface area contributed by atoms with Crippen LogP contribution in [0.1, 0.15) is 49.2 Å². The van der Waals surface area contributed by atoms with Gasteiger partial charge in [0.05, 0.1) is 25.5 Å². The van der Waals surface area contributed by atoms with Crippen LogP contribution < -0.4 is 9.47 Å². The minimum absolute atomic E-state index is 0.614. The van der Waals surface area contributed by atoms with Gasteiger partial charge in [-0.15, -0.1) is 21.5 Å². The fourth-order valence-electron chi connectivity index (χ4n) is 3.29. The van der Waals surface area contributed by atoms with Crippen molar-refractivity contribution in [3.05, 3.63) is 35.1 Å². The van der Waals surface area contributed by atoms with Gasteiger partial charge in [-0.25, -0.2) is 4.98 Å². The zero-order chi connectivity index (χ0) is 19.1. The summed E-state index contributed by atoms with van der Waals surface area (Å²) >= 11 is 3.38. The average molecular weight is 415 g/mol. The summed E-state index contributed by atoms with van der Waals surface area (Å²) in [5, 5.41) is 13.1. The van der Waals surface area contributed by atoms with E-state index in [1.54, 1.807) is 37.3 Å². The number of thiazole rings is 1. The van der Waals surface area contributed by atoms with E-state index in [9.17, 15) is 0 Å². The quantitative estimate of drug-likeness (QED) is 0.487. The van der Waals surface area contributed by atoms with Gasteiger partial charge in [0.2, 0.25) is 0 Å². The van der Waals surface area contributed by atoms with Gasteiger partial charge in [-0.2, -0.15) is 0 Å². The summed E-state index contributed by atoms with van der Waals surface area (Å²) < 4.78 is 13.2. The van der Waals surface area contributed by atoms with E-state index in [1.165, 1.54) is 31.5 Å². The molecule has 0 atom stereocenters. The van der Waals surface area contributed by atoms with Gasteiger partial charge < -0.3 is 14.0 Å². The number of ether oxygens (including phenoxy) is 2. The summed E-state index contributed by atoms with van der Waals surface area (Å²) in [5.74, 6) is 4.18. The Balaban J connectivity index is 1.33. The molecular weight excluding hydrogens is 392 g/mol. The molecule has 0 spiro atoms. The summed E-state index contributed by atoms with van der Waals surface area (Å²) in [6.07, 6.45) is 5.02. The summed E-state index contributed by atoms with van der Waals surface area (Å²) in [4.78, 5) is 4.82. The lowest BCUT2D eigenvalue weighted by molar-refractivity contribution is 0.395. The Morgan fingerprint density at radius 2 is 2.00 bits per heavy atom. The average Bonchev–Trinajstić information content (AvgIpc) is 3.66. The van der Waals surface area contributed by atoms with Crippen LogP contribution in [0.2, 0.25) is 0 Å². The lowest BCUT2D eigenvalue weighted by Crippen LogP contribution is -2.02. The molecule has 2 heterocycles. The fourth-order valence-corrected chi connectivity index (χ4v) is 5.15. The van der Waals surface area contributed by atoms with E-state index in [2.05, 4.69) is 20.1 Å². The first-order valence-corrected chi connectivity index (χ1v) is 11.4.